The van der Waals surface area contributed by atoms with Crippen molar-refractivity contribution in [3.63, 3.8) is 0 Å². The van der Waals surface area contributed by atoms with Crippen molar-refractivity contribution in [2.75, 3.05) is 5.32 Å². The fraction of sp³-hybridized carbons (Fsp3) is 0.222. The van der Waals surface area contributed by atoms with Crippen LogP contribution in [0.5, 0.6) is 0 Å². The number of fused-ring (bicyclic) bond motifs is 1. The lowest BCUT2D eigenvalue weighted by atomic mass is 10.0. The van der Waals surface area contributed by atoms with Crippen molar-refractivity contribution >= 4 is 17.3 Å². The quantitative estimate of drug-likeness (QED) is 0.573. The van der Waals surface area contributed by atoms with E-state index in [1.807, 2.05) is 47.1 Å². The Morgan fingerprint density at radius 2 is 2.13 bits per heavy atom. The zero-order chi connectivity index (χ0) is 16.2. The van der Waals surface area contributed by atoms with E-state index in [1.54, 1.807) is 0 Å². The minimum Gasteiger partial charge on any atom is -0.370 e. The van der Waals surface area contributed by atoms with Crippen LogP contribution in [0.2, 0.25) is 0 Å². The summed E-state index contributed by atoms with van der Waals surface area (Å²) in [6.07, 6.45) is 3.93. The Morgan fingerprint density at radius 3 is 2.91 bits per heavy atom. The van der Waals surface area contributed by atoms with Crippen molar-refractivity contribution < 1.29 is 0 Å². The van der Waals surface area contributed by atoms with Gasteiger partial charge in [0.05, 0.1) is 12.2 Å². The second-order valence-electron chi connectivity index (χ2n) is 5.80. The van der Waals surface area contributed by atoms with Crippen LogP contribution in [-0.2, 0) is 6.54 Å². The molecule has 0 aliphatic carbocycles. The number of nitrogens with zero attached hydrogens (tertiary/aromatic N) is 3. The van der Waals surface area contributed by atoms with Crippen LogP contribution < -0.4 is 11.1 Å². The van der Waals surface area contributed by atoms with E-state index in [4.69, 9.17) is 5.73 Å². The summed E-state index contributed by atoms with van der Waals surface area (Å²) in [6.45, 7) is 4.78. The van der Waals surface area contributed by atoms with Crippen LogP contribution in [0.3, 0.4) is 0 Å². The number of aromatic nitrogens is 2. The Bertz CT molecular complexity index is 799. The zero-order valence-corrected chi connectivity index (χ0v) is 13.4. The van der Waals surface area contributed by atoms with Gasteiger partial charge >= 0.3 is 0 Å². The normalized spacial score (nSPS) is 12.0. The van der Waals surface area contributed by atoms with Crippen LogP contribution in [0.1, 0.15) is 31.0 Å². The second-order valence-corrected chi connectivity index (χ2v) is 5.80. The molecule has 3 rings (SSSR count). The first-order valence-corrected chi connectivity index (χ1v) is 7.71. The molecule has 0 saturated heterocycles. The van der Waals surface area contributed by atoms with E-state index in [9.17, 15) is 0 Å². The molecule has 0 bridgehead atoms. The average molecular weight is 307 g/mol. The van der Waals surface area contributed by atoms with Gasteiger partial charge in [0, 0.05) is 18.1 Å². The van der Waals surface area contributed by atoms with Gasteiger partial charge in [0.2, 0.25) is 0 Å². The molecule has 1 aromatic carbocycles. The molecule has 0 unspecified atom stereocenters. The fourth-order valence-electron chi connectivity index (χ4n) is 2.39. The highest BCUT2D eigenvalue weighted by Crippen LogP contribution is 2.18. The summed E-state index contributed by atoms with van der Waals surface area (Å²) < 4.78 is 1.97. The summed E-state index contributed by atoms with van der Waals surface area (Å²) in [5.41, 5.74) is 9.99. The van der Waals surface area contributed by atoms with Crippen molar-refractivity contribution in [2.45, 2.75) is 26.3 Å². The van der Waals surface area contributed by atoms with E-state index in [-0.39, 0.29) is 0 Å². The lowest BCUT2D eigenvalue weighted by Gasteiger charge is -2.09. The molecule has 118 valence electrons. The number of anilines is 1. The van der Waals surface area contributed by atoms with E-state index in [1.165, 1.54) is 5.56 Å². The SMILES string of the molecule is CC(C)c1cccc(NC(N)=NCc2cn3ccccc3n2)c1. The topological polar surface area (TPSA) is 67.7 Å². The van der Waals surface area contributed by atoms with Crippen LogP contribution in [-0.4, -0.2) is 15.3 Å². The summed E-state index contributed by atoms with van der Waals surface area (Å²) in [5, 5.41) is 3.13. The molecule has 3 aromatic rings. The number of benzene rings is 1. The van der Waals surface area contributed by atoms with E-state index in [2.05, 4.69) is 41.3 Å². The molecule has 2 aromatic heterocycles. The molecule has 5 nitrogen and oxygen atoms in total. The van der Waals surface area contributed by atoms with Crippen LogP contribution in [0.4, 0.5) is 5.69 Å². The Labute approximate surface area is 135 Å². The first kappa shape index (κ1) is 15.1. The zero-order valence-electron chi connectivity index (χ0n) is 13.4. The lowest BCUT2D eigenvalue weighted by Crippen LogP contribution is -2.22. The number of guanidine groups is 1. The Hall–Kier alpha value is -2.82. The van der Waals surface area contributed by atoms with E-state index in [0.29, 0.717) is 18.4 Å². The largest absolute Gasteiger partial charge is 0.370 e. The highest BCUT2D eigenvalue weighted by atomic mass is 15.1. The van der Waals surface area contributed by atoms with Crippen LogP contribution in [0.25, 0.3) is 5.65 Å². The molecule has 0 amide bonds. The summed E-state index contributed by atoms with van der Waals surface area (Å²) in [5.74, 6) is 0.871. The number of hydrogen-bond acceptors (Lipinski definition) is 2. The molecule has 0 saturated carbocycles. The highest BCUT2D eigenvalue weighted by molar-refractivity contribution is 5.92. The molecule has 0 atom stereocenters. The van der Waals surface area contributed by atoms with Crippen molar-refractivity contribution in [1.29, 1.82) is 0 Å². The maximum Gasteiger partial charge on any atom is 0.193 e. The molecule has 3 N–H and O–H groups in total. The standard InChI is InChI=1S/C18H21N5/c1-13(2)14-6-5-7-15(10-14)22-18(19)20-11-16-12-23-9-4-3-8-17(23)21-16/h3-10,12-13H,11H2,1-2H3,(H3,19,20,22). The van der Waals surface area contributed by atoms with Crippen LogP contribution >= 0.6 is 0 Å². The van der Waals surface area contributed by atoms with Crippen molar-refractivity contribution in [2.24, 2.45) is 10.7 Å². The maximum atomic E-state index is 5.98. The molecule has 0 aliphatic heterocycles. The van der Waals surface area contributed by atoms with Crippen molar-refractivity contribution in [3.05, 3.63) is 66.1 Å². The van der Waals surface area contributed by atoms with Gasteiger partial charge in [-0.25, -0.2) is 9.98 Å². The first-order valence-electron chi connectivity index (χ1n) is 7.71. The van der Waals surface area contributed by atoms with Gasteiger partial charge in [-0.05, 0) is 35.7 Å². The first-order chi connectivity index (χ1) is 11.1. The number of aliphatic imine (C=N–C) groups is 1. The number of imidazole rings is 1. The number of nitrogens with two attached hydrogens (primary N) is 1. The molecule has 2 heterocycles. The average Bonchev–Trinajstić information content (AvgIpc) is 2.96. The summed E-state index contributed by atoms with van der Waals surface area (Å²) in [6, 6.07) is 14.1. The minimum absolute atomic E-state index is 0.392. The van der Waals surface area contributed by atoms with Crippen LogP contribution in [0, 0.1) is 0 Å². The van der Waals surface area contributed by atoms with E-state index in [0.717, 1.165) is 17.0 Å². The second kappa shape index (κ2) is 6.52. The molecule has 23 heavy (non-hydrogen) atoms. The third-order valence-corrected chi connectivity index (χ3v) is 3.65. The maximum absolute atomic E-state index is 5.98. The lowest BCUT2D eigenvalue weighted by molar-refractivity contribution is 0.867. The summed E-state index contributed by atoms with van der Waals surface area (Å²) in [4.78, 5) is 8.87. The van der Waals surface area contributed by atoms with Crippen LogP contribution in [0.15, 0.2) is 59.9 Å². The number of pyridine rings is 1. The summed E-state index contributed by atoms with van der Waals surface area (Å²) in [7, 11) is 0. The third-order valence-electron chi connectivity index (χ3n) is 3.65. The predicted octanol–water partition coefficient (Wildman–Crippen LogP) is 3.38. The fourth-order valence-corrected chi connectivity index (χ4v) is 2.39. The number of hydrogen-bond donors (Lipinski definition) is 2. The monoisotopic (exact) mass is 307 g/mol. The highest BCUT2D eigenvalue weighted by Gasteiger charge is 2.02. The molecular formula is C18H21N5. The van der Waals surface area contributed by atoms with Gasteiger partial charge in [-0.2, -0.15) is 0 Å². The third kappa shape index (κ3) is 3.69. The molecular weight excluding hydrogens is 286 g/mol. The molecule has 0 radical (unpaired) electrons. The van der Waals surface area contributed by atoms with Gasteiger partial charge in [0.25, 0.3) is 0 Å². The van der Waals surface area contributed by atoms with Crippen molar-refractivity contribution in [3.8, 4) is 0 Å². The molecule has 0 fully saturated rings. The Morgan fingerprint density at radius 1 is 1.26 bits per heavy atom. The molecule has 5 heteroatoms. The smallest absolute Gasteiger partial charge is 0.193 e. The molecule has 0 aliphatic rings. The summed E-state index contributed by atoms with van der Waals surface area (Å²) >= 11 is 0. The predicted molar refractivity (Wildman–Crippen MR) is 94.7 cm³/mol. The van der Waals surface area contributed by atoms with Gasteiger partial charge in [-0.15, -0.1) is 0 Å². The van der Waals surface area contributed by atoms with Gasteiger partial charge in [-0.1, -0.05) is 32.0 Å². The Balaban J connectivity index is 1.69. The van der Waals surface area contributed by atoms with Crippen molar-refractivity contribution in [1.82, 2.24) is 9.38 Å². The van der Waals surface area contributed by atoms with E-state index >= 15 is 0 Å². The number of rotatable bonds is 4. The molecule has 0 spiro atoms. The number of nitrogens with one attached hydrogen (secondary N) is 1. The van der Waals surface area contributed by atoms with Gasteiger partial charge in [-0.3, -0.25) is 0 Å². The van der Waals surface area contributed by atoms with Gasteiger partial charge in [0.15, 0.2) is 5.96 Å². The minimum atomic E-state index is 0.392. The Kier molecular flexibility index (Phi) is 4.28. The van der Waals surface area contributed by atoms with Gasteiger partial charge < -0.3 is 15.5 Å². The van der Waals surface area contributed by atoms with Gasteiger partial charge in [0.1, 0.15) is 5.65 Å². The van der Waals surface area contributed by atoms with E-state index < -0.39 is 0 Å².